The first-order valence-electron chi connectivity index (χ1n) is 9.89. The molecule has 158 valence electrons. The molecule has 1 atom stereocenters. The van der Waals surface area contributed by atoms with Gasteiger partial charge in [-0.15, -0.1) is 0 Å². The molecule has 1 nitrogen and oxygen atoms in total. The Balaban J connectivity index is 2.06. The summed E-state index contributed by atoms with van der Waals surface area (Å²) in [5, 5.41) is 0. The summed E-state index contributed by atoms with van der Waals surface area (Å²) < 4.78 is 38.9. The summed E-state index contributed by atoms with van der Waals surface area (Å²) in [6.45, 7) is 9.00. The molecule has 0 heterocycles. The van der Waals surface area contributed by atoms with Crippen molar-refractivity contribution < 1.29 is 18.0 Å². The molecule has 0 saturated heterocycles. The van der Waals surface area contributed by atoms with Crippen molar-refractivity contribution in [3.05, 3.63) is 101 Å². The Morgan fingerprint density at radius 2 is 1.67 bits per heavy atom. The summed E-state index contributed by atoms with van der Waals surface area (Å²) in [5.41, 5.74) is 3.48. The Morgan fingerprint density at radius 1 is 1.07 bits per heavy atom. The van der Waals surface area contributed by atoms with Gasteiger partial charge in [-0.25, -0.2) is 0 Å². The monoisotopic (exact) mass is 412 g/mol. The van der Waals surface area contributed by atoms with Crippen LogP contribution in [0.5, 0.6) is 0 Å². The molecule has 2 rings (SSSR count). The third-order valence-electron chi connectivity index (χ3n) is 5.04. The lowest BCUT2D eigenvalue weighted by Gasteiger charge is -2.12. The zero-order chi connectivity index (χ0) is 22.3. The average molecular weight is 412 g/mol. The molecule has 0 aliphatic carbocycles. The smallest absolute Gasteiger partial charge is 0.299 e. The highest BCUT2D eigenvalue weighted by atomic mass is 19.4. The Hall–Kier alpha value is -2.88. The second-order valence-corrected chi connectivity index (χ2v) is 7.47. The largest absolute Gasteiger partial charge is 0.416 e. The van der Waals surface area contributed by atoms with Crippen LogP contribution in [0.4, 0.5) is 13.2 Å². The standard InChI is InChI=1S/C26H27F3O/c1-5-21(17-24(6-2)26(27,28)29)23-13-9-20(10-14-23)16-25(30)15-19(4)22-11-7-18(3)8-12-22/h5-14,17,19H,2,15-16H2,1,3-4H3/b21-5+,24-17+. The molecular formula is C26H27F3O. The van der Waals surface area contributed by atoms with Crippen LogP contribution < -0.4 is 0 Å². The van der Waals surface area contributed by atoms with Crippen LogP contribution in [0.2, 0.25) is 0 Å². The van der Waals surface area contributed by atoms with Crippen molar-refractivity contribution in [2.75, 3.05) is 0 Å². The molecule has 0 bridgehead atoms. The lowest BCUT2D eigenvalue weighted by Crippen LogP contribution is -2.10. The molecule has 0 amide bonds. The number of aryl methyl sites for hydroxylation is 1. The van der Waals surface area contributed by atoms with E-state index >= 15 is 0 Å². The summed E-state index contributed by atoms with van der Waals surface area (Å²) in [7, 11) is 0. The summed E-state index contributed by atoms with van der Waals surface area (Å²) in [4.78, 5) is 12.5. The summed E-state index contributed by atoms with van der Waals surface area (Å²) in [5.74, 6) is 0.268. The highest BCUT2D eigenvalue weighted by Gasteiger charge is 2.31. The van der Waals surface area contributed by atoms with Gasteiger partial charge in [-0.3, -0.25) is 4.79 Å². The molecule has 2 aromatic rings. The topological polar surface area (TPSA) is 17.1 Å². The van der Waals surface area contributed by atoms with Crippen LogP contribution in [-0.4, -0.2) is 12.0 Å². The van der Waals surface area contributed by atoms with E-state index in [2.05, 4.69) is 6.58 Å². The number of carbonyl (C=O) groups excluding carboxylic acids is 1. The van der Waals surface area contributed by atoms with Gasteiger partial charge in [-0.05, 0) is 48.1 Å². The quantitative estimate of drug-likeness (QED) is 0.414. The fourth-order valence-electron chi connectivity index (χ4n) is 3.23. The van der Waals surface area contributed by atoms with Crippen LogP contribution in [0.1, 0.15) is 48.4 Å². The fraction of sp³-hybridized carbons (Fsp3) is 0.269. The van der Waals surface area contributed by atoms with E-state index in [0.717, 1.165) is 23.3 Å². The van der Waals surface area contributed by atoms with Crippen LogP contribution in [0.15, 0.2) is 78.9 Å². The van der Waals surface area contributed by atoms with Crippen molar-refractivity contribution in [2.24, 2.45) is 0 Å². The Labute approximate surface area is 176 Å². The maximum atomic E-state index is 13.0. The number of rotatable bonds is 8. The van der Waals surface area contributed by atoms with Crippen molar-refractivity contribution in [1.82, 2.24) is 0 Å². The molecule has 0 saturated carbocycles. The lowest BCUT2D eigenvalue weighted by molar-refractivity contribution is -0.118. The molecule has 0 N–H and O–H groups in total. The third-order valence-corrected chi connectivity index (χ3v) is 5.04. The van der Waals surface area contributed by atoms with Crippen molar-refractivity contribution in [1.29, 1.82) is 0 Å². The second-order valence-electron chi connectivity index (χ2n) is 7.47. The minimum absolute atomic E-state index is 0.132. The number of ketones is 1. The van der Waals surface area contributed by atoms with Gasteiger partial charge < -0.3 is 0 Å². The zero-order valence-electron chi connectivity index (χ0n) is 17.6. The number of hydrogen-bond donors (Lipinski definition) is 0. The summed E-state index contributed by atoms with van der Waals surface area (Å²) in [6.07, 6.45) is -0.183. The normalized spacial score (nSPS) is 13.8. The molecule has 0 aliphatic heterocycles. The summed E-state index contributed by atoms with van der Waals surface area (Å²) >= 11 is 0. The Kier molecular flexibility index (Phi) is 7.99. The van der Waals surface area contributed by atoms with Gasteiger partial charge in [-0.2, -0.15) is 13.2 Å². The lowest BCUT2D eigenvalue weighted by atomic mass is 9.92. The molecule has 0 aromatic heterocycles. The Morgan fingerprint density at radius 3 is 2.17 bits per heavy atom. The molecule has 0 aliphatic rings. The predicted molar refractivity (Wildman–Crippen MR) is 117 cm³/mol. The first-order valence-corrected chi connectivity index (χ1v) is 9.89. The van der Waals surface area contributed by atoms with Crippen molar-refractivity contribution in [3.8, 4) is 0 Å². The van der Waals surface area contributed by atoms with E-state index in [-0.39, 0.29) is 11.7 Å². The fourth-order valence-corrected chi connectivity index (χ4v) is 3.23. The average Bonchev–Trinajstić information content (AvgIpc) is 2.69. The van der Waals surface area contributed by atoms with Crippen LogP contribution in [-0.2, 0) is 11.2 Å². The van der Waals surface area contributed by atoms with E-state index < -0.39 is 11.7 Å². The molecule has 4 heteroatoms. The number of carbonyl (C=O) groups is 1. The number of halogens is 3. The van der Waals surface area contributed by atoms with Gasteiger partial charge in [0.2, 0.25) is 0 Å². The van der Waals surface area contributed by atoms with Gasteiger partial charge in [-0.1, -0.05) is 79.7 Å². The van der Waals surface area contributed by atoms with Gasteiger partial charge in [0.15, 0.2) is 0 Å². The zero-order valence-corrected chi connectivity index (χ0v) is 17.6. The van der Waals surface area contributed by atoms with Gasteiger partial charge >= 0.3 is 6.18 Å². The number of allylic oxidation sites excluding steroid dienone is 5. The minimum atomic E-state index is -4.45. The number of benzene rings is 2. The van der Waals surface area contributed by atoms with Crippen LogP contribution >= 0.6 is 0 Å². The van der Waals surface area contributed by atoms with Crippen molar-refractivity contribution >= 4 is 11.4 Å². The Bertz CT molecular complexity index is 930. The molecular weight excluding hydrogens is 385 g/mol. The van der Waals surface area contributed by atoms with Gasteiger partial charge in [0.05, 0.1) is 5.57 Å². The number of Topliss-reactive ketones (excluding diaryl/α,β-unsaturated/α-hetero) is 1. The maximum absolute atomic E-state index is 13.0. The van der Waals surface area contributed by atoms with Crippen LogP contribution in [0, 0.1) is 6.92 Å². The van der Waals surface area contributed by atoms with E-state index in [1.807, 2.05) is 38.1 Å². The highest BCUT2D eigenvalue weighted by Crippen LogP contribution is 2.30. The third kappa shape index (κ3) is 6.58. The van der Waals surface area contributed by atoms with E-state index in [9.17, 15) is 18.0 Å². The van der Waals surface area contributed by atoms with Crippen LogP contribution in [0.3, 0.4) is 0 Å². The molecule has 0 spiro atoms. The first-order chi connectivity index (χ1) is 14.1. The van der Waals surface area contributed by atoms with Gasteiger partial charge in [0.25, 0.3) is 0 Å². The molecule has 0 fully saturated rings. The molecule has 0 radical (unpaired) electrons. The predicted octanol–water partition coefficient (Wildman–Crippen LogP) is 7.38. The van der Waals surface area contributed by atoms with Gasteiger partial charge in [0, 0.05) is 12.8 Å². The van der Waals surface area contributed by atoms with Crippen molar-refractivity contribution in [2.45, 2.75) is 45.7 Å². The summed E-state index contributed by atoms with van der Waals surface area (Å²) in [6, 6.07) is 15.3. The second kappa shape index (κ2) is 10.2. The number of hydrogen-bond acceptors (Lipinski definition) is 1. The van der Waals surface area contributed by atoms with Gasteiger partial charge in [0.1, 0.15) is 5.78 Å². The van der Waals surface area contributed by atoms with E-state index in [1.165, 1.54) is 5.56 Å². The molecule has 1 unspecified atom stereocenters. The van der Waals surface area contributed by atoms with E-state index in [1.54, 1.807) is 37.3 Å². The van der Waals surface area contributed by atoms with E-state index in [0.29, 0.717) is 24.0 Å². The minimum Gasteiger partial charge on any atom is -0.299 e. The SMILES string of the molecule is C=C/C(=C\C(=C/C)c1ccc(CC(=O)CC(C)c2ccc(C)cc2)cc1)C(F)(F)F. The molecule has 30 heavy (non-hydrogen) atoms. The van der Waals surface area contributed by atoms with Crippen molar-refractivity contribution in [3.63, 3.8) is 0 Å². The maximum Gasteiger partial charge on any atom is 0.416 e. The first kappa shape index (κ1) is 23.4. The highest BCUT2D eigenvalue weighted by molar-refractivity contribution is 5.82. The van der Waals surface area contributed by atoms with E-state index in [4.69, 9.17) is 0 Å². The molecule has 2 aromatic carbocycles. The number of alkyl halides is 3. The van der Waals surface area contributed by atoms with Crippen LogP contribution in [0.25, 0.3) is 5.57 Å².